The van der Waals surface area contributed by atoms with Crippen LogP contribution in [0.15, 0.2) is 0 Å². The first-order valence-electron chi connectivity index (χ1n) is 3.54. The van der Waals surface area contributed by atoms with E-state index in [-0.39, 0.29) is 12.5 Å². The van der Waals surface area contributed by atoms with E-state index in [0.29, 0.717) is 12.5 Å². The van der Waals surface area contributed by atoms with E-state index in [2.05, 4.69) is 17.2 Å². The van der Waals surface area contributed by atoms with E-state index in [4.69, 9.17) is 5.11 Å². The van der Waals surface area contributed by atoms with Crippen molar-refractivity contribution in [3.8, 4) is 11.8 Å². The number of amides is 1. The highest BCUT2D eigenvalue weighted by atomic mass is 16.2. The molecular weight excluding hydrogens is 142 g/mol. The summed E-state index contributed by atoms with van der Waals surface area (Å²) in [6.07, 6.45) is 0. The zero-order valence-electron chi connectivity index (χ0n) is 6.85. The van der Waals surface area contributed by atoms with Gasteiger partial charge in [0, 0.05) is 6.54 Å². The van der Waals surface area contributed by atoms with Gasteiger partial charge in [0.05, 0.1) is 0 Å². The van der Waals surface area contributed by atoms with E-state index in [1.807, 2.05) is 13.8 Å². The highest BCUT2D eigenvalue weighted by molar-refractivity contribution is 5.93. The number of carbonyl (C=O) groups is 1. The molecule has 0 atom stereocenters. The van der Waals surface area contributed by atoms with Crippen LogP contribution in [0.2, 0.25) is 0 Å². The average molecular weight is 155 g/mol. The third-order valence-corrected chi connectivity index (χ3v) is 0.952. The number of carbonyl (C=O) groups excluding carboxylic acids is 1. The third-order valence-electron chi connectivity index (χ3n) is 0.952. The number of aliphatic hydroxyl groups is 1. The summed E-state index contributed by atoms with van der Waals surface area (Å²) in [6, 6.07) is 0. The average Bonchev–Trinajstić information content (AvgIpc) is 1.97. The predicted octanol–water partition coefficient (Wildman–Crippen LogP) is -0.246. The molecule has 0 aromatic heterocycles. The Morgan fingerprint density at radius 1 is 1.64 bits per heavy atom. The largest absolute Gasteiger partial charge is 0.384 e. The molecule has 3 nitrogen and oxygen atoms in total. The molecule has 0 aliphatic carbocycles. The summed E-state index contributed by atoms with van der Waals surface area (Å²) in [4.78, 5) is 10.7. The first-order valence-corrected chi connectivity index (χ1v) is 3.54. The molecule has 2 N–H and O–H groups in total. The molecule has 0 bridgehead atoms. The highest BCUT2D eigenvalue weighted by Crippen LogP contribution is 1.85. The maximum atomic E-state index is 10.7. The van der Waals surface area contributed by atoms with Gasteiger partial charge in [-0.3, -0.25) is 4.79 Å². The molecule has 0 spiro atoms. The minimum Gasteiger partial charge on any atom is -0.384 e. The van der Waals surface area contributed by atoms with Gasteiger partial charge >= 0.3 is 0 Å². The summed E-state index contributed by atoms with van der Waals surface area (Å²) in [5, 5.41) is 10.8. The van der Waals surface area contributed by atoms with Crippen molar-refractivity contribution < 1.29 is 9.90 Å². The van der Waals surface area contributed by atoms with Gasteiger partial charge in [-0.05, 0) is 11.8 Å². The van der Waals surface area contributed by atoms with Gasteiger partial charge in [0.15, 0.2) is 0 Å². The first kappa shape index (κ1) is 9.99. The SMILES string of the molecule is CC(C)CNC(=O)C#CCO. The molecule has 0 radical (unpaired) electrons. The van der Waals surface area contributed by atoms with Crippen molar-refractivity contribution in [2.45, 2.75) is 13.8 Å². The lowest BCUT2D eigenvalue weighted by Gasteiger charge is -2.02. The standard InChI is InChI=1S/C8H13NO2/c1-7(2)6-9-8(11)4-3-5-10/h7,10H,5-6H2,1-2H3,(H,9,11). The first-order chi connectivity index (χ1) is 5.16. The number of hydrogen-bond donors (Lipinski definition) is 2. The van der Waals surface area contributed by atoms with E-state index in [1.165, 1.54) is 0 Å². The topological polar surface area (TPSA) is 49.3 Å². The smallest absolute Gasteiger partial charge is 0.295 e. The van der Waals surface area contributed by atoms with Crippen molar-refractivity contribution in [1.82, 2.24) is 5.32 Å². The fourth-order valence-corrected chi connectivity index (χ4v) is 0.461. The van der Waals surface area contributed by atoms with Crippen molar-refractivity contribution in [1.29, 1.82) is 0 Å². The van der Waals surface area contributed by atoms with E-state index in [9.17, 15) is 4.79 Å². The molecule has 0 rings (SSSR count). The molecule has 62 valence electrons. The van der Waals surface area contributed by atoms with Gasteiger partial charge < -0.3 is 10.4 Å². The molecular formula is C8H13NO2. The van der Waals surface area contributed by atoms with Crippen LogP contribution in [-0.2, 0) is 4.79 Å². The summed E-state index contributed by atoms with van der Waals surface area (Å²) < 4.78 is 0. The molecule has 0 unspecified atom stereocenters. The quantitative estimate of drug-likeness (QED) is 0.540. The maximum absolute atomic E-state index is 10.7. The summed E-state index contributed by atoms with van der Waals surface area (Å²) in [6.45, 7) is 4.35. The number of aliphatic hydroxyl groups excluding tert-OH is 1. The molecule has 0 aromatic carbocycles. The van der Waals surface area contributed by atoms with Crippen LogP contribution < -0.4 is 5.32 Å². The third kappa shape index (κ3) is 6.88. The minimum absolute atomic E-state index is 0.269. The second kappa shape index (κ2) is 5.75. The fourth-order valence-electron chi connectivity index (χ4n) is 0.461. The summed E-state index contributed by atoms with van der Waals surface area (Å²) >= 11 is 0. The molecule has 0 heterocycles. The second-order valence-electron chi connectivity index (χ2n) is 2.56. The van der Waals surface area contributed by atoms with Crippen LogP contribution in [0.25, 0.3) is 0 Å². The van der Waals surface area contributed by atoms with Crippen LogP contribution in [0.4, 0.5) is 0 Å². The van der Waals surface area contributed by atoms with Crippen molar-refractivity contribution in [3.05, 3.63) is 0 Å². The maximum Gasteiger partial charge on any atom is 0.295 e. The Bertz CT molecular complexity index is 176. The molecule has 0 saturated carbocycles. The molecule has 11 heavy (non-hydrogen) atoms. The van der Waals surface area contributed by atoms with Gasteiger partial charge in [-0.25, -0.2) is 0 Å². The Morgan fingerprint density at radius 2 is 2.27 bits per heavy atom. The monoisotopic (exact) mass is 155 g/mol. The Balaban J connectivity index is 3.53. The lowest BCUT2D eigenvalue weighted by atomic mass is 10.2. The van der Waals surface area contributed by atoms with E-state index >= 15 is 0 Å². The van der Waals surface area contributed by atoms with Crippen LogP contribution in [0.5, 0.6) is 0 Å². The Morgan fingerprint density at radius 3 is 2.73 bits per heavy atom. The summed E-state index contributed by atoms with van der Waals surface area (Å²) in [5.41, 5.74) is 0. The van der Waals surface area contributed by atoms with Gasteiger partial charge in [-0.2, -0.15) is 0 Å². The van der Waals surface area contributed by atoms with Gasteiger partial charge in [0.2, 0.25) is 0 Å². The second-order valence-corrected chi connectivity index (χ2v) is 2.56. The minimum atomic E-state index is -0.326. The number of nitrogens with one attached hydrogen (secondary N) is 1. The van der Waals surface area contributed by atoms with Gasteiger partial charge in [0.25, 0.3) is 5.91 Å². The normalized spacial score (nSPS) is 8.73. The molecule has 0 aromatic rings. The van der Waals surface area contributed by atoms with Gasteiger partial charge in [0.1, 0.15) is 6.61 Å². The van der Waals surface area contributed by atoms with Crippen LogP contribution in [0, 0.1) is 17.8 Å². The molecule has 0 fully saturated rings. The molecule has 1 amide bonds. The van der Waals surface area contributed by atoms with Gasteiger partial charge in [-0.1, -0.05) is 19.8 Å². The van der Waals surface area contributed by atoms with Crippen LogP contribution >= 0.6 is 0 Å². The van der Waals surface area contributed by atoms with E-state index in [1.54, 1.807) is 0 Å². The van der Waals surface area contributed by atoms with E-state index < -0.39 is 0 Å². The number of rotatable bonds is 2. The van der Waals surface area contributed by atoms with Crippen molar-refractivity contribution in [2.75, 3.05) is 13.2 Å². The fraction of sp³-hybridized carbons (Fsp3) is 0.625. The highest BCUT2D eigenvalue weighted by Gasteiger charge is 1.95. The molecule has 3 heteroatoms. The van der Waals surface area contributed by atoms with Gasteiger partial charge in [-0.15, -0.1) is 0 Å². The summed E-state index contributed by atoms with van der Waals surface area (Å²) in [5.74, 6) is 4.60. The zero-order valence-corrected chi connectivity index (χ0v) is 6.85. The van der Waals surface area contributed by atoms with E-state index in [0.717, 1.165) is 0 Å². The van der Waals surface area contributed by atoms with Crippen LogP contribution in [-0.4, -0.2) is 24.2 Å². The number of hydrogen-bond acceptors (Lipinski definition) is 2. The van der Waals surface area contributed by atoms with Crippen LogP contribution in [0.1, 0.15) is 13.8 Å². The molecule has 0 saturated heterocycles. The van der Waals surface area contributed by atoms with Crippen LogP contribution in [0.3, 0.4) is 0 Å². The van der Waals surface area contributed by atoms with Crippen molar-refractivity contribution in [3.63, 3.8) is 0 Å². The zero-order chi connectivity index (χ0) is 8.69. The molecule has 0 aliphatic rings. The van der Waals surface area contributed by atoms with Crippen molar-refractivity contribution in [2.24, 2.45) is 5.92 Å². The predicted molar refractivity (Wildman–Crippen MR) is 42.7 cm³/mol. The van der Waals surface area contributed by atoms with Crippen molar-refractivity contribution >= 4 is 5.91 Å². The summed E-state index contributed by atoms with van der Waals surface area (Å²) in [7, 11) is 0. The Hall–Kier alpha value is -1.01. The Labute approximate surface area is 66.8 Å². The lowest BCUT2D eigenvalue weighted by molar-refractivity contribution is -0.115. The Kier molecular flexibility index (Phi) is 5.22. The molecule has 0 aliphatic heterocycles. The lowest BCUT2D eigenvalue weighted by Crippen LogP contribution is -2.25.